The number of rotatable bonds is 4. The molecule has 2 atom stereocenters. The molecule has 1 aromatic carbocycles. The summed E-state index contributed by atoms with van der Waals surface area (Å²) in [6, 6.07) is 7.98. The molecule has 2 unspecified atom stereocenters. The Balaban J connectivity index is 1.58. The lowest BCUT2D eigenvalue weighted by Crippen LogP contribution is -2.42. The molecule has 4 rings (SSSR count). The van der Waals surface area contributed by atoms with E-state index in [1.165, 1.54) is 6.42 Å². The van der Waals surface area contributed by atoms with E-state index < -0.39 is 0 Å². The van der Waals surface area contributed by atoms with Crippen LogP contribution >= 0.6 is 0 Å². The number of methoxy groups -OCH3 is 1. The molecule has 0 spiro atoms. The number of ether oxygens (including phenoxy) is 1. The third-order valence-corrected chi connectivity index (χ3v) is 6.07. The van der Waals surface area contributed by atoms with Crippen molar-refractivity contribution < 1.29 is 14.3 Å². The normalized spacial score (nSPS) is 26.0. The van der Waals surface area contributed by atoms with Gasteiger partial charge in [0.2, 0.25) is 11.8 Å². The summed E-state index contributed by atoms with van der Waals surface area (Å²) in [4.78, 5) is 29.8. The zero-order valence-corrected chi connectivity index (χ0v) is 15.5. The molecular formula is C21H28N2O3. The molecule has 3 aliphatic rings. The van der Waals surface area contributed by atoms with Gasteiger partial charge in [-0.2, -0.15) is 0 Å². The lowest BCUT2D eigenvalue weighted by atomic mass is 9.87. The van der Waals surface area contributed by atoms with Crippen LogP contribution in [0.1, 0.15) is 43.6 Å². The first kappa shape index (κ1) is 17.4. The summed E-state index contributed by atoms with van der Waals surface area (Å²) in [5, 5.41) is 0. The van der Waals surface area contributed by atoms with E-state index in [9.17, 15) is 9.59 Å². The second-order valence-corrected chi connectivity index (χ2v) is 7.89. The van der Waals surface area contributed by atoms with Crippen molar-refractivity contribution in [1.29, 1.82) is 0 Å². The zero-order valence-electron chi connectivity index (χ0n) is 15.5. The average molecular weight is 356 g/mol. The summed E-state index contributed by atoms with van der Waals surface area (Å²) in [6.45, 7) is 2.92. The molecule has 1 aromatic rings. The summed E-state index contributed by atoms with van der Waals surface area (Å²) < 4.78 is 5.37. The van der Waals surface area contributed by atoms with E-state index in [4.69, 9.17) is 4.74 Å². The quantitative estimate of drug-likeness (QED) is 0.833. The monoisotopic (exact) mass is 356 g/mol. The predicted molar refractivity (Wildman–Crippen MR) is 99.0 cm³/mol. The van der Waals surface area contributed by atoms with E-state index in [1.807, 2.05) is 28.0 Å². The standard InChI is InChI=1S/C21H28N2O3/c1-26-17-7-5-6-16(12-17)18-13-23(20(24)15-8-9-15)14-19(18)21(25)22-10-3-2-4-11-22/h5-7,12,15,18-19H,2-4,8-11,13-14H2,1H3. The van der Waals surface area contributed by atoms with E-state index in [2.05, 4.69) is 6.07 Å². The van der Waals surface area contributed by atoms with E-state index in [0.717, 1.165) is 50.1 Å². The van der Waals surface area contributed by atoms with Gasteiger partial charge in [-0.25, -0.2) is 0 Å². The van der Waals surface area contributed by atoms with Gasteiger partial charge in [-0.3, -0.25) is 9.59 Å². The lowest BCUT2D eigenvalue weighted by molar-refractivity contribution is -0.137. The van der Waals surface area contributed by atoms with Crippen molar-refractivity contribution in [2.24, 2.45) is 11.8 Å². The Morgan fingerprint density at radius 2 is 1.77 bits per heavy atom. The summed E-state index contributed by atoms with van der Waals surface area (Å²) >= 11 is 0. The van der Waals surface area contributed by atoms with Crippen LogP contribution in [0.15, 0.2) is 24.3 Å². The molecule has 26 heavy (non-hydrogen) atoms. The number of hydrogen-bond acceptors (Lipinski definition) is 3. The molecule has 2 heterocycles. The third kappa shape index (κ3) is 3.44. The third-order valence-electron chi connectivity index (χ3n) is 6.07. The van der Waals surface area contributed by atoms with Gasteiger partial charge in [0.1, 0.15) is 5.75 Å². The van der Waals surface area contributed by atoms with Crippen molar-refractivity contribution in [1.82, 2.24) is 9.80 Å². The van der Waals surface area contributed by atoms with Crippen molar-refractivity contribution in [3.63, 3.8) is 0 Å². The van der Waals surface area contributed by atoms with Gasteiger partial charge < -0.3 is 14.5 Å². The summed E-state index contributed by atoms with van der Waals surface area (Å²) in [5.41, 5.74) is 1.10. The number of amides is 2. The molecule has 1 aliphatic carbocycles. The molecule has 0 aromatic heterocycles. The number of carbonyl (C=O) groups is 2. The van der Waals surface area contributed by atoms with Gasteiger partial charge >= 0.3 is 0 Å². The fraction of sp³-hybridized carbons (Fsp3) is 0.619. The number of benzene rings is 1. The summed E-state index contributed by atoms with van der Waals surface area (Å²) in [6.07, 6.45) is 5.40. The van der Waals surface area contributed by atoms with Gasteiger partial charge in [0.25, 0.3) is 0 Å². The zero-order chi connectivity index (χ0) is 18.1. The number of likely N-dealkylation sites (tertiary alicyclic amines) is 2. The van der Waals surface area contributed by atoms with Crippen LogP contribution in [0.25, 0.3) is 0 Å². The molecule has 2 saturated heterocycles. The van der Waals surface area contributed by atoms with E-state index in [0.29, 0.717) is 13.1 Å². The highest BCUT2D eigenvalue weighted by Crippen LogP contribution is 2.39. The minimum Gasteiger partial charge on any atom is -0.497 e. The van der Waals surface area contributed by atoms with Crippen molar-refractivity contribution in [3.05, 3.63) is 29.8 Å². The first-order valence-electron chi connectivity index (χ1n) is 9.89. The van der Waals surface area contributed by atoms with Gasteiger partial charge in [0, 0.05) is 38.0 Å². The first-order chi connectivity index (χ1) is 12.7. The smallest absolute Gasteiger partial charge is 0.228 e. The second kappa shape index (κ2) is 7.29. The van der Waals surface area contributed by atoms with Crippen LogP contribution in [0.3, 0.4) is 0 Å². The Morgan fingerprint density at radius 1 is 1.00 bits per heavy atom. The molecule has 3 fully saturated rings. The van der Waals surface area contributed by atoms with Crippen LogP contribution in [0.4, 0.5) is 0 Å². The Bertz CT molecular complexity index is 680. The molecule has 140 valence electrons. The molecule has 0 radical (unpaired) electrons. The minimum atomic E-state index is -0.136. The molecule has 5 nitrogen and oxygen atoms in total. The highest BCUT2D eigenvalue weighted by atomic mass is 16.5. The Kier molecular flexibility index (Phi) is 4.88. The number of nitrogens with zero attached hydrogens (tertiary/aromatic N) is 2. The number of piperidine rings is 1. The van der Waals surface area contributed by atoms with Crippen LogP contribution in [0, 0.1) is 11.8 Å². The minimum absolute atomic E-state index is 0.0576. The number of hydrogen-bond donors (Lipinski definition) is 0. The fourth-order valence-electron chi connectivity index (χ4n) is 4.38. The summed E-state index contributed by atoms with van der Waals surface area (Å²) in [7, 11) is 1.66. The molecule has 1 saturated carbocycles. The molecule has 0 bridgehead atoms. The van der Waals surface area contributed by atoms with Crippen LogP contribution in [-0.2, 0) is 9.59 Å². The molecule has 2 aliphatic heterocycles. The Hall–Kier alpha value is -2.04. The van der Waals surface area contributed by atoms with E-state index in [1.54, 1.807) is 7.11 Å². The van der Waals surface area contributed by atoms with Crippen molar-refractivity contribution in [2.45, 2.75) is 38.0 Å². The Labute approximate surface area is 155 Å². The van der Waals surface area contributed by atoms with Crippen LogP contribution in [0.2, 0.25) is 0 Å². The molecule has 0 N–H and O–H groups in total. The first-order valence-corrected chi connectivity index (χ1v) is 9.89. The molecule has 2 amide bonds. The van der Waals surface area contributed by atoms with Crippen molar-refractivity contribution in [3.8, 4) is 5.75 Å². The number of carbonyl (C=O) groups excluding carboxylic acids is 2. The maximum atomic E-state index is 13.2. The summed E-state index contributed by atoms with van der Waals surface area (Å²) in [5.74, 6) is 1.39. The fourth-order valence-corrected chi connectivity index (χ4v) is 4.38. The lowest BCUT2D eigenvalue weighted by Gasteiger charge is -2.31. The maximum absolute atomic E-state index is 13.2. The largest absolute Gasteiger partial charge is 0.497 e. The van der Waals surface area contributed by atoms with Gasteiger partial charge in [0.15, 0.2) is 0 Å². The Morgan fingerprint density at radius 3 is 2.46 bits per heavy atom. The van der Waals surface area contributed by atoms with Crippen LogP contribution in [0.5, 0.6) is 5.75 Å². The molecular weight excluding hydrogens is 328 g/mol. The highest BCUT2D eigenvalue weighted by molar-refractivity contribution is 5.85. The maximum Gasteiger partial charge on any atom is 0.228 e. The van der Waals surface area contributed by atoms with Crippen LogP contribution in [-0.4, -0.2) is 54.9 Å². The van der Waals surface area contributed by atoms with Crippen molar-refractivity contribution >= 4 is 11.8 Å². The topological polar surface area (TPSA) is 49.9 Å². The van der Waals surface area contributed by atoms with Gasteiger partial charge in [-0.05, 0) is 49.8 Å². The average Bonchev–Trinajstić information content (AvgIpc) is 3.45. The van der Waals surface area contributed by atoms with Crippen LogP contribution < -0.4 is 4.74 Å². The highest BCUT2D eigenvalue weighted by Gasteiger charge is 2.45. The van der Waals surface area contributed by atoms with E-state index in [-0.39, 0.29) is 29.6 Å². The van der Waals surface area contributed by atoms with Gasteiger partial charge in [0.05, 0.1) is 13.0 Å². The van der Waals surface area contributed by atoms with Gasteiger partial charge in [-0.1, -0.05) is 12.1 Å². The van der Waals surface area contributed by atoms with Crippen molar-refractivity contribution in [2.75, 3.05) is 33.3 Å². The van der Waals surface area contributed by atoms with Gasteiger partial charge in [-0.15, -0.1) is 0 Å². The SMILES string of the molecule is COc1cccc(C2CN(C(=O)C3CC3)CC2C(=O)N2CCCCC2)c1. The predicted octanol–water partition coefficient (Wildman–Crippen LogP) is 2.66. The second-order valence-electron chi connectivity index (χ2n) is 7.89. The molecule has 5 heteroatoms. The van der Waals surface area contributed by atoms with E-state index >= 15 is 0 Å².